The van der Waals surface area contributed by atoms with E-state index in [1.54, 1.807) is 22.8 Å². The zero-order valence-electron chi connectivity index (χ0n) is 15.9. The van der Waals surface area contributed by atoms with E-state index in [1.165, 1.54) is 45.2 Å². The summed E-state index contributed by atoms with van der Waals surface area (Å²) in [6.45, 7) is 4.26. The Morgan fingerprint density at radius 3 is 2.62 bits per heavy atom. The molecule has 7 nitrogen and oxygen atoms in total. The van der Waals surface area contributed by atoms with Crippen molar-refractivity contribution >= 4 is 17.7 Å². The predicted octanol–water partition coefficient (Wildman–Crippen LogP) is 2.22. The highest BCUT2D eigenvalue weighted by atomic mass is 32.2. The van der Waals surface area contributed by atoms with Crippen molar-refractivity contribution in [2.24, 2.45) is 0 Å². The van der Waals surface area contributed by atoms with Gasteiger partial charge in [-0.15, -0.1) is 5.10 Å². The van der Waals surface area contributed by atoms with Gasteiger partial charge < -0.3 is 9.80 Å². The van der Waals surface area contributed by atoms with Gasteiger partial charge >= 0.3 is 0 Å². The SMILES string of the molecule is CSCCC(C(=O)N1CCCCC1CN1CCCCCC1)n1cnnn1. The lowest BCUT2D eigenvalue weighted by atomic mass is 9.99. The van der Waals surface area contributed by atoms with Gasteiger partial charge in [0.25, 0.3) is 0 Å². The maximum Gasteiger partial charge on any atom is 0.247 e. The molecule has 0 spiro atoms. The number of tetrazole rings is 1. The summed E-state index contributed by atoms with van der Waals surface area (Å²) in [6, 6.07) is 0.0600. The molecule has 1 aromatic heterocycles. The number of likely N-dealkylation sites (tertiary alicyclic amines) is 2. The number of aromatic nitrogens is 4. The number of amides is 1. The molecular formula is C18H32N6OS. The third-order valence-electron chi connectivity index (χ3n) is 5.64. The summed E-state index contributed by atoms with van der Waals surface area (Å²) in [5.41, 5.74) is 0. The normalized spacial score (nSPS) is 23.6. The van der Waals surface area contributed by atoms with Crippen molar-refractivity contribution in [1.82, 2.24) is 30.0 Å². The molecule has 3 rings (SSSR count). The first kappa shape index (κ1) is 19.6. The highest BCUT2D eigenvalue weighted by Gasteiger charge is 2.33. The van der Waals surface area contributed by atoms with Crippen molar-refractivity contribution in [3.8, 4) is 0 Å². The fourth-order valence-electron chi connectivity index (χ4n) is 4.20. The zero-order chi connectivity index (χ0) is 18.2. The smallest absolute Gasteiger partial charge is 0.247 e. The van der Waals surface area contributed by atoms with Gasteiger partial charge in [0.15, 0.2) is 0 Å². The average molecular weight is 381 g/mol. The standard InChI is InChI=1S/C18H32N6OS/c1-26-13-9-17(24-15-19-20-21-24)18(25)23-12-7-4-8-16(23)14-22-10-5-2-3-6-11-22/h15-17H,2-14H2,1H3. The number of carbonyl (C=O) groups is 1. The number of thioether (sulfide) groups is 1. The van der Waals surface area contributed by atoms with Crippen LogP contribution in [0.4, 0.5) is 0 Å². The minimum Gasteiger partial charge on any atom is -0.337 e. The van der Waals surface area contributed by atoms with Crippen LogP contribution in [0.5, 0.6) is 0 Å². The number of nitrogens with zero attached hydrogens (tertiary/aromatic N) is 6. The summed E-state index contributed by atoms with van der Waals surface area (Å²) in [6.07, 6.45) is 13.2. The molecule has 0 N–H and O–H groups in total. The number of hydrogen-bond acceptors (Lipinski definition) is 6. The molecule has 0 saturated carbocycles. The van der Waals surface area contributed by atoms with Crippen LogP contribution in [0.15, 0.2) is 6.33 Å². The molecule has 2 atom stereocenters. The fourth-order valence-corrected chi connectivity index (χ4v) is 4.66. The van der Waals surface area contributed by atoms with Crippen LogP contribution in [0.1, 0.15) is 57.4 Å². The third kappa shape index (κ3) is 5.19. The quantitative estimate of drug-likeness (QED) is 0.723. The second kappa shape index (κ2) is 10.3. The van der Waals surface area contributed by atoms with E-state index in [-0.39, 0.29) is 11.9 Å². The van der Waals surface area contributed by atoms with Crippen molar-refractivity contribution in [1.29, 1.82) is 0 Å². The Balaban J connectivity index is 1.68. The first-order chi connectivity index (χ1) is 12.8. The van der Waals surface area contributed by atoms with Crippen LogP contribution in [0, 0.1) is 0 Å². The molecule has 2 unspecified atom stereocenters. The van der Waals surface area contributed by atoms with Gasteiger partial charge in [-0.2, -0.15) is 11.8 Å². The number of hydrogen-bond donors (Lipinski definition) is 0. The second-order valence-corrected chi connectivity index (χ2v) is 8.47. The highest BCUT2D eigenvalue weighted by Crippen LogP contribution is 2.25. The molecule has 1 amide bonds. The van der Waals surface area contributed by atoms with E-state index >= 15 is 0 Å². The molecule has 0 aromatic carbocycles. The predicted molar refractivity (Wildman–Crippen MR) is 104 cm³/mol. The van der Waals surface area contributed by atoms with Crippen molar-refractivity contribution < 1.29 is 4.79 Å². The van der Waals surface area contributed by atoms with Gasteiger partial charge in [0, 0.05) is 19.1 Å². The summed E-state index contributed by atoms with van der Waals surface area (Å²) in [7, 11) is 0. The molecule has 3 heterocycles. The molecule has 2 fully saturated rings. The van der Waals surface area contributed by atoms with Crippen LogP contribution in [0.2, 0.25) is 0 Å². The van der Waals surface area contributed by atoms with E-state index in [0.29, 0.717) is 6.04 Å². The Morgan fingerprint density at radius 1 is 1.15 bits per heavy atom. The van der Waals surface area contributed by atoms with Crippen LogP contribution >= 0.6 is 11.8 Å². The molecule has 8 heteroatoms. The molecule has 1 aromatic rings. The van der Waals surface area contributed by atoms with Gasteiger partial charge in [-0.25, -0.2) is 4.68 Å². The Kier molecular flexibility index (Phi) is 7.73. The minimum atomic E-state index is -0.276. The van der Waals surface area contributed by atoms with Crippen LogP contribution in [0.25, 0.3) is 0 Å². The van der Waals surface area contributed by atoms with Gasteiger partial charge in [-0.05, 0) is 74.0 Å². The summed E-state index contributed by atoms with van der Waals surface area (Å²) in [4.78, 5) is 18.1. The lowest BCUT2D eigenvalue weighted by Gasteiger charge is -2.40. The molecule has 146 valence electrons. The Labute approximate surface area is 160 Å². The number of carbonyl (C=O) groups excluding carboxylic acids is 1. The van der Waals surface area contributed by atoms with E-state index < -0.39 is 0 Å². The highest BCUT2D eigenvalue weighted by molar-refractivity contribution is 7.98. The number of rotatable bonds is 7. The lowest BCUT2D eigenvalue weighted by molar-refractivity contribution is -0.139. The molecule has 0 aliphatic carbocycles. The molecule has 26 heavy (non-hydrogen) atoms. The van der Waals surface area contributed by atoms with Crippen LogP contribution < -0.4 is 0 Å². The van der Waals surface area contributed by atoms with E-state index in [4.69, 9.17) is 0 Å². The maximum absolute atomic E-state index is 13.4. The summed E-state index contributed by atoms with van der Waals surface area (Å²) < 4.78 is 1.65. The van der Waals surface area contributed by atoms with Crippen molar-refractivity contribution in [3.05, 3.63) is 6.33 Å². The Hall–Kier alpha value is -1.15. The summed E-state index contributed by atoms with van der Waals surface area (Å²) in [5.74, 6) is 1.13. The number of piperidine rings is 1. The molecule has 2 saturated heterocycles. The fraction of sp³-hybridized carbons (Fsp3) is 0.889. The topological polar surface area (TPSA) is 67.2 Å². The van der Waals surface area contributed by atoms with Gasteiger partial charge in [0.1, 0.15) is 12.4 Å². The first-order valence-electron chi connectivity index (χ1n) is 10.0. The zero-order valence-corrected chi connectivity index (χ0v) is 16.7. The van der Waals surface area contributed by atoms with Gasteiger partial charge in [-0.3, -0.25) is 4.79 Å². The minimum absolute atomic E-state index is 0.200. The largest absolute Gasteiger partial charge is 0.337 e. The van der Waals surface area contributed by atoms with E-state index in [0.717, 1.165) is 38.1 Å². The molecule has 0 bridgehead atoms. The molecule has 2 aliphatic rings. The van der Waals surface area contributed by atoms with Gasteiger partial charge in [0.2, 0.25) is 5.91 Å². The first-order valence-corrected chi connectivity index (χ1v) is 11.4. The summed E-state index contributed by atoms with van der Waals surface area (Å²) in [5, 5.41) is 11.5. The van der Waals surface area contributed by atoms with E-state index in [1.807, 2.05) is 0 Å². The van der Waals surface area contributed by atoms with Crippen LogP contribution in [-0.4, -0.2) is 80.1 Å². The van der Waals surface area contributed by atoms with Crippen molar-refractivity contribution in [2.45, 2.75) is 63.5 Å². The van der Waals surface area contributed by atoms with Crippen molar-refractivity contribution in [2.75, 3.05) is 38.2 Å². The van der Waals surface area contributed by atoms with Gasteiger partial charge in [0.05, 0.1) is 0 Å². The average Bonchev–Trinajstić information content (AvgIpc) is 3.07. The van der Waals surface area contributed by atoms with Crippen LogP contribution in [-0.2, 0) is 4.79 Å². The Bertz CT molecular complexity index is 532. The van der Waals surface area contributed by atoms with Crippen LogP contribution in [0.3, 0.4) is 0 Å². The maximum atomic E-state index is 13.4. The molecule has 2 aliphatic heterocycles. The molecule has 0 radical (unpaired) electrons. The lowest BCUT2D eigenvalue weighted by Crippen LogP contribution is -2.51. The molecular weight excluding hydrogens is 348 g/mol. The monoisotopic (exact) mass is 380 g/mol. The van der Waals surface area contributed by atoms with Crippen molar-refractivity contribution in [3.63, 3.8) is 0 Å². The second-order valence-electron chi connectivity index (χ2n) is 7.48. The van der Waals surface area contributed by atoms with Gasteiger partial charge in [-0.1, -0.05) is 12.8 Å². The van der Waals surface area contributed by atoms with E-state index in [2.05, 4.69) is 31.6 Å². The third-order valence-corrected chi connectivity index (χ3v) is 6.29. The van der Waals surface area contributed by atoms with E-state index in [9.17, 15) is 4.79 Å². The summed E-state index contributed by atoms with van der Waals surface area (Å²) >= 11 is 1.76. The Morgan fingerprint density at radius 2 is 1.92 bits per heavy atom.